The highest BCUT2D eigenvalue weighted by Gasteiger charge is 2.35. The maximum absolute atomic E-state index is 12.6. The van der Waals surface area contributed by atoms with Crippen molar-refractivity contribution in [2.45, 2.75) is 32.1 Å². The highest BCUT2D eigenvalue weighted by atomic mass is 16.2. The maximum Gasteiger partial charge on any atom is 0.253 e. The second-order valence-electron chi connectivity index (χ2n) is 5.97. The van der Waals surface area contributed by atoms with Gasteiger partial charge in [-0.25, -0.2) is 0 Å². The number of hydrogen-bond acceptors (Lipinski definition) is 2. The molecule has 0 radical (unpaired) electrons. The fourth-order valence-corrected chi connectivity index (χ4v) is 3.69. The van der Waals surface area contributed by atoms with Gasteiger partial charge in [-0.05, 0) is 48.9 Å². The molecular formula is C16H18N2O2. The van der Waals surface area contributed by atoms with Crippen LogP contribution >= 0.6 is 0 Å². The smallest absolute Gasteiger partial charge is 0.253 e. The van der Waals surface area contributed by atoms with E-state index >= 15 is 0 Å². The molecule has 1 aromatic rings. The van der Waals surface area contributed by atoms with E-state index in [-0.39, 0.29) is 11.8 Å². The number of carbonyl (C=O) groups is 2. The first kappa shape index (κ1) is 11.9. The molecule has 1 aromatic carbocycles. The average molecular weight is 270 g/mol. The number of rotatable bonds is 1. The predicted molar refractivity (Wildman–Crippen MR) is 76.0 cm³/mol. The van der Waals surface area contributed by atoms with Crippen LogP contribution in [0, 0.1) is 0 Å². The summed E-state index contributed by atoms with van der Waals surface area (Å²) >= 11 is 0. The van der Waals surface area contributed by atoms with E-state index in [9.17, 15) is 9.59 Å². The molecule has 3 aliphatic rings. The Kier molecular flexibility index (Phi) is 2.59. The van der Waals surface area contributed by atoms with Crippen molar-refractivity contribution < 1.29 is 9.59 Å². The molecule has 3 heterocycles. The van der Waals surface area contributed by atoms with Gasteiger partial charge in [-0.1, -0.05) is 0 Å². The molecule has 4 rings (SSSR count). The molecule has 4 heteroatoms. The minimum absolute atomic E-state index is 0.140. The zero-order valence-electron chi connectivity index (χ0n) is 11.5. The lowest BCUT2D eigenvalue weighted by atomic mass is 10.0. The minimum atomic E-state index is 0.140. The molecule has 0 aliphatic carbocycles. The number of hydrogen-bond donors (Lipinski definition) is 0. The van der Waals surface area contributed by atoms with Crippen LogP contribution in [0.4, 0.5) is 5.69 Å². The third-order valence-corrected chi connectivity index (χ3v) is 4.68. The van der Waals surface area contributed by atoms with Gasteiger partial charge in [0.05, 0.1) is 12.1 Å². The fourth-order valence-electron chi connectivity index (χ4n) is 3.69. The van der Waals surface area contributed by atoms with E-state index in [0.717, 1.165) is 55.7 Å². The molecule has 104 valence electrons. The van der Waals surface area contributed by atoms with E-state index in [1.54, 1.807) is 0 Å². The van der Waals surface area contributed by atoms with E-state index in [1.807, 2.05) is 21.9 Å². The molecular weight excluding hydrogens is 252 g/mol. The van der Waals surface area contributed by atoms with Gasteiger partial charge in [-0.3, -0.25) is 9.59 Å². The molecule has 3 aliphatic heterocycles. The monoisotopic (exact) mass is 270 g/mol. The Morgan fingerprint density at radius 2 is 1.75 bits per heavy atom. The van der Waals surface area contributed by atoms with Crippen LogP contribution in [0.25, 0.3) is 0 Å². The summed E-state index contributed by atoms with van der Waals surface area (Å²) in [5.41, 5.74) is 4.08. The quantitative estimate of drug-likeness (QED) is 0.780. The van der Waals surface area contributed by atoms with Crippen molar-refractivity contribution in [3.8, 4) is 0 Å². The van der Waals surface area contributed by atoms with E-state index in [0.29, 0.717) is 6.42 Å². The maximum atomic E-state index is 12.6. The van der Waals surface area contributed by atoms with E-state index in [2.05, 4.69) is 0 Å². The molecule has 0 aromatic heterocycles. The van der Waals surface area contributed by atoms with Gasteiger partial charge in [0.25, 0.3) is 5.91 Å². The van der Waals surface area contributed by atoms with Gasteiger partial charge in [0.2, 0.25) is 5.91 Å². The van der Waals surface area contributed by atoms with Crippen LogP contribution in [0.1, 0.15) is 40.7 Å². The normalized spacial score (nSPS) is 20.5. The van der Waals surface area contributed by atoms with Crippen LogP contribution in [0.5, 0.6) is 0 Å². The Bertz CT molecular complexity index is 603. The number of likely N-dealkylation sites (tertiary alicyclic amines) is 1. The number of anilines is 1. The topological polar surface area (TPSA) is 40.6 Å². The lowest BCUT2D eigenvalue weighted by molar-refractivity contribution is -0.117. The summed E-state index contributed by atoms with van der Waals surface area (Å²) < 4.78 is 0. The van der Waals surface area contributed by atoms with Crippen molar-refractivity contribution in [2.75, 3.05) is 24.5 Å². The summed E-state index contributed by atoms with van der Waals surface area (Å²) in [6, 6.07) is 3.95. The van der Waals surface area contributed by atoms with E-state index < -0.39 is 0 Å². The Morgan fingerprint density at radius 3 is 2.55 bits per heavy atom. The average Bonchev–Trinajstić information content (AvgIpc) is 3.04. The molecule has 0 N–H and O–H groups in total. The largest absolute Gasteiger partial charge is 0.339 e. The molecule has 2 amide bonds. The van der Waals surface area contributed by atoms with Crippen molar-refractivity contribution in [2.24, 2.45) is 0 Å². The van der Waals surface area contributed by atoms with Gasteiger partial charge >= 0.3 is 0 Å². The summed E-state index contributed by atoms with van der Waals surface area (Å²) in [6.07, 6.45) is 4.78. The van der Waals surface area contributed by atoms with Gasteiger partial charge in [0.1, 0.15) is 0 Å². The van der Waals surface area contributed by atoms with Crippen molar-refractivity contribution >= 4 is 17.5 Å². The Balaban J connectivity index is 1.69. The molecule has 0 spiro atoms. The number of nitrogens with zero attached hydrogens (tertiary/aromatic N) is 2. The van der Waals surface area contributed by atoms with Gasteiger partial charge in [-0.2, -0.15) is 0 Å². The summed E-state index contributed by atoms with van der Waals surface area (Å²) in [5.74, 6) is 0.322. The first-order valence-electron chi connectivity index (χ1n) is 7.49. The van der Waals surface area contributed by atoms with Crippen LogP contribution in [0.15, 0.2) is 12.1 Å². The van der Waals surface area contributed by atoms with E-state index in [1.165, 1.54) is 12.0 Å². The highest BCUT2D eigenvalue weighted by molar-refractivity contribution is 6.05. The van der Waals surface area contributed by atoms with Gasteiger partial charge in [0, 0.05) is 25.2 Å². The second-order valence-corrected chi connectivity index (χ2v) is 5.97. The molecule has 1 fully saturated rings. The zero-order chi connectivity index (χ0) is 13.7. The predicted octanol–water partition coefficient (Wildman–Crippen LogP) is 1.76. The lowest BCUT2D eigenvalue weighted by Crippen LogP contribution is -2.35. The fraction of sp³-hybridized carbons (Fsp3) is 0.500. The molecule has 0 unspecified atom stereocenters. The van der Waals surface area contributed by atoms with Crippen LogP contribution in [-0.4, -0.2) is 36.3 Å². The highest BCUT2D eigenvalue weighted by Crippen LogP contribution is 2.38. The SMILES string of the molecule is O=C(c1cc2c3c(c1)CC(=O)N3CC2)N1CCCCC1. The van der Waals surface area contributed by atoms with Crippen LogP contribution in [0.2, 0.25) is 0 Å². The molecule has 20 heavy (non-hydrogen) atoms. The third kappa shape index (κ3) is 1.67. The number of amides is 2. The summed E-state index contributed by atoms with van der Waals surface area (Å²) in [4.78, 5) is 28.3. The van der Waals surface area contributed by atoms with Crippen molar-refractivity contribution in [1.82, 2.24) is 4.90 Å². The zero-order valence-corrected chi connectivity index (χ0v) is 11.5. The van der Waals surface area contributed by atoms with Crippen LogP contribution in [-0.2, 0) is 17.6 Å². The van der Waals surface area contributed by atoms with Crippen LogP contribution in [0.3, 0.4) is 0 Å². The molecule has 0 atom stereocenters. The van der Waals surface area contributed by atoms with Gasteiger partial charge in [0.15, 0.2) is 0 Å². The second kappa shape index (κ2) is 4.33. The standard InChI is InChI=1S/C16H18N2O2/c19-14-10-12-9-13(8-11-4-7-18(14)15(11)12)16(20)17-5-2-1-3-6-17/h8-9H,1-7,10H2. The van der Waals surface area contributed by atoms with Gasteiger partial charge in [-0.15, -0.1) is 0 Å². The third-order valence-electron chi connectivity index (χ3n) is 4.68. The first-order valence-corrected chi connectivity index (χ1v) is 7.49. The molecule has 0 saturated carbocycles. The number of benzene rings is 1. The van der Waals surface area contributed by atoms with Crippen molar-refractivity contribution in [3.63, 3.8) is 0 Å². The Hall–Kier alpha value is -1.84. The van der Waals surface area contributed by atoms with Crippen molar-refractivity contribution in [1.29, 1.82) is 0 Å². The number of carbonyl (C=O) groups excluding carboxylic acids is 2. The lowest BCUT2D eigenvalue weighted by Gasteiger charge is -2.27. The Morgan fingerprint density at radius 1 is 1.00 bits per heavy atom. The first-order chi connectivity index (χ1) is 9.74. The minimum Gasteiger partial charge on any atom is -0.339 e. The molecule has 0 bridgehead atoms. The summed E-state index contributed by atoms with van der Waals surface area (Å²) in [6.45, 7) is 2.52. The summed E-state index contributed by atoms with van der Waals surface area (Å²) in [7, 11) is 0. The Labute approximate surface area is 118 Å². The molecule has 4 nitrogen and oxygen atoms in total. The van der Waals surface area contributed by atoms with Crippen molar-refractivity contribution in [3.05, 3.63) is 28.8 Å². The van der Waals surface area contributed by atoms with Crippen LogP contribution < -0.4 is 4.90 Å². The number of piperidine rings is 1. The van der Waals surface area contributed by atoms with E-state index in [4.69, 9.17) is 0 Å². The molecule has 1 saturated heterocycles. The van der Waals surface area contributed by atoms with Gasteiger partial charge < -0.3 is 9.80 Å². The summed E-state index contributed by atoms with van der Waals surface area (Å²) in [5, 5.41) is 0.